The molecule has 0 fully saturated rings. The third kappa shape index (κ3) is 4.48. The first-order valence-electron chi connectivity index (χ1n) is 14.5. The maximum atomic E-state index is 5.34. The van der Waals surface area contributed by atoms with Crippen LogP contribution < -0.4 is 0 Å². The van der Waals surface area contributed by atoms with E-state index < -0.39 is 0 Å². The van der Waals surface area contributed by atoms with Crippen LogP contribution in [0.15, 0.2) is 164 Å². The summed E-state index contributed by atoms with van der Waals surface area (Å²) in [5.41, 5.74) is 10.7. The molecule has 8 rings (SSSR count). The first-order valence-corrected chi connectivity index (χ1v) is 14.5. The van der Waals surface area contributed by atoms with Gasteiger partial charge in [-0.25, -0.2) is 9.97 Å². The van der Waals surface area contributed by atoms with Gasteiger partial charge in [0.2, 0.25) is 0 Å². The minimum Gasteiger partial charge on any atom is -0.294 e. The van der Waals surface area contributed by atoms with E-state index in [9.17, 15) is 0 Å². The Hall–Kier alpha value is -5.80. The molecule has 8 aromatic rings. The highest BCUT2D eigenvalue weighted by Gasteiger charge is 2.21. The summed E-state index contributed by atoms with van der Waals surface area (Å²) >= 11 is 0. The summed E-state index contributed by atoms with van der Waals surface area (Å²) in [6.07, 6.45) is 0. The third-order valence-corrected chi connectivity index (χ3v) is 8.00. The van der Waals surface area contributed by atoms with Crippen LogP contribution in [0.5, 0.6) is 0 Å². The SMILES string of the molecule is c1ccc(-c2cccc(-c3nc(-c4cccc(-c5ccccc5)c4)c4c5ccccc5n(-c5ccccc5)c4n3)c2)cc1. The van der Waals surface area contributed by atoms with Gasteiger partial charge in [-0.2, -0.15) is 0 Å². The Morgan fingerprint density at radius 2 is 0.907 bits per heavy atom. The van der Waals surface area contributed by atoms with E-state index in [0.29, 0.717) is 5.82 Å². The van der Waals surface area contributed by atoms with Gasteiger partial charge in [-0.3, -0.25) is 4.57 Å². The Morgan fingerprint density at radius 1 is 0.395 bits per heavy atom. The van der Waals surface area contributed by atoms with Crippen molar-refractivity contribution >= 4 is 21.9 Å². The van der Waals surface area contributed by atoms with Crippen LogP contribution in [-0.2, 0) is 0 Å². The van der Waals surface area contributed by atoms with E-state index in [2.05, 4.69) is 156 Å². The van der Waals surface area contributed by atoms with Gasteiger partial charge in [0.25, 0.3) is 0 Å². The molecule has 202 valence electrons. The normalized spacial score (nSPS) is 11.3. The van der Waals surface area contributed by atoms with Crippen LogP contribution in [0, 0.1) is 0 Å². The summed E-state index contributed by atoms with van der Waals surface area (Å²) in [6, 6.07) is 57.2. The number of hydrogen-bond donors (Lipinski definition) is 0. The second-order valence-electron chi connectivity index (χ2n) is 10.7. The number of aromatic nitrogens is 3. The van der Waals surface area contributed by atoms with Crippen molar-refractivity contribution in [3.63, 3.8) is 0 Å². The zero-order valence-electron chi connectivity index (χ0n) is 23.4. The lowest BCUT2D eigenvalue weighted by molar-refractivity contribution is 1.11. The molecule has 2 heterocycles. The second-order valence-corrected chi connectivity index (χ2v) is 10.7. The minimum absolute atomic E-state index is 0.699. The molecule has 3 heteroatoms. The van der Waals surface area contributed by atoms with E-state index in [1.54, 1.807) is 0 Å². The molecular weight excluding hydrogens is 522 g/mol. The lowest BCUT2D eigenvalue weighted by Gasteiger charge is -2.12. The van der Waals surface area contributed by atoms with Gasteiger partial charge in [0.15, 0.2) is 5.82 Å². The van der Waals surface area contributed by atoms with Gasteiger partial charge in [0, 0.05) is 22.2 Å². The van der Waals surface area contributed by atoms with Gasteiger partial charge in [-0.1, -0.05) is 133 Å². The topological polar surface area (TPSA) is 30.7 Å². The highest BCUT2D eigenvalue weighted by Crippen LogP contribution is 2.39. The Morgan fingerprint density at radius 3 is 1.58 bits per heavy atom. The van der Waals surface area contributed by atoms with Crippen molar-refractivity contribution < 1.29 is 0 Å². The van der Waals surface area contributed by atoms with Crippen molar-refractivity contribution in [1.29, 1.82) is 0 Å². The number of benzene rings is 6. The summed E-state index contributed by atoms with van der Waals surface area (Å²) in [4.78, 5) is 10.7. The predicted molar refractivity (Wildman–Crippen MR) is 178 cm³/mol. The van der Waals surface area contributed by atoms with E-state index in [4.69, 9.17) is 9.97 Å². The molecule has 6 aromatic carbocycles. The average Bonchev–Trinajstić information content (AvgIpc) is 3.43. The van der Waals surface area contributed by atoms with E-state index in [1.807, 2.05) is 12.1 Å². The molecule has 43 heavy (non-hydrogen) atoms. The smallest absolute Gasteiger partial charge is 0.162 e. The van der Waals surface area contributed by atoms with Crippen molar-refractivity contribution in [1.82, 2.24) is 14.5 Å². The molecular formula is C40H27N3. The molecule has 0 saturated heterocycles. The van der Waals surface area contributed by atoms with Gasteiger partial charge < -0.3 is 0 Å². The molecule has 0 aliphatic heterocycles. The fourth-order valence-electron chi connectivity index (χ4n) is 5.97. The molecule has 0 aliphatic carbocycles. The molecule has 3 nitrogen and oxygen atoms in total. The van der Waals surface area contributed by atoms with E-state index in [0.717, 1.165) is 55.6 Å². The molecule has 2 aromatic heterocycles. The standard InChI is InChI=1S/C40H27N3/c1-4-14-28(15-5-1)30-18-12-20-32(26-30)38-37-35-24-10-11-25-36(35)43(34-22-8-3-9-23-34)40(37)42-39(41-38)33-21-13-19-31(27-33)29-16-6-2-7-17-29/h1-27H. The number of rotatable bonds is 5. The number of nitrogens with zero attached hydrogens (tertiary/aromatic N) is 3. The molecule has 0 radical (unpaired) electrons. The van der Waals surface area contributed by atoms with Gasteiger partial charge >= 0.3 is 0 Å². The molecule has 0 spiro atoms. The highest BCUT2D eigenvalue weighted by atomic mass is 15.1. The van der Waals surface area contributed by atoms with Gasteiger partial charge in [-0.15, -0.1) is 0 Å². The van der Waals surface area contributed by atoms with Crippen molar-refractivity contribution in [2.24, 2.45) is 0 Å². The Kier molecular flexibility index (Phi) is 6.12. The number of fused-ring (bicyclic) bond motifs is 3. The number of hydrogen-bond acceptors (Lipinski definition) is 2. The third-order valence-electron chi connectivity index (χ3n) is 8.00. The molecule has 0 unspecified atom stereocenters. The van der Waals surface area contributed by atoms with E-state index >= 15 is 0 Å². The number of para-hydroxylation sites is 2. The summed E-state index contributed by atoms with van der Waals surface area (Å²) in [6.45, 7) is 0. The quantitative estimate of drug-likeness (QED) is 0.214. The van der Waals surface area contributed by atoms with Crippen LogP contribution >= 0.6 is 0 Å². The van der Waals surface area contributed by atoms with Crippen LogP contribution in [0.4, 0.5) is 0 Å². The average molecular weight is 550 g/mol. The zero-order valence-corrected chi connectivity index (χ0v) is 23.4. The van der Waals surface area contributed by atoms with Gasteiger partial charge in [-0.05, 0) is 52.6 Å². The summed E-state index contributed by atoms with van der Waals surface area (Å²) in [7, 11) is 0. The van der Waals surface area contributed by atoms with E-state index in [-0.39, 0.29) is 0 Å². The van der Waals surface area contributed by atoms with Crippen LogP contribution in [0.25, 0.3) is 72.5 Å². The highest BCUT2D eigenvalue weighted by molar-refractivity contribution is 6.14. The van der Waals surface area contributed by atoms with Crippen molar-refractivity contribution in [2.45, 2.75) is 0 Å². The lowest BCUT2D eigenvalue weighted by Crippen LogP contribution is -1.99. The molecule has 0 amide bonds. The van der Waals surface area contributed by atoms with Crippen molar-refractivity contribution in [2.75, 3.05) is 0 Å². The van der Waals surface area contributed by atoms with Crippen LogP contribution in [0.2, 0.25) is 0 Å². The van der Waals surface area contributed by atoms with Crippen molar-refractivity contribution in [3.05, 3.63) is 164 Å². The fourth-order valence-corrected chi connectivity index (χ4v) is 5.97. The maximum absolute atomic E-state index is 5.34. The first kappa shape index (κ1) is 25.0. The molecule has 0 aliphatic rings. The summed E-state index contributed by atoms with van der Waals surface area (Å²) in [5, 5.41) is 2.18. The summed E-state index contributed by atoms with van der Waals surface area (Å²) in [5.74, 6) is 0.699. The van der Waals surface area contributed by atoms with Crippen LogP contribution in [-0.4, -0.2) is 14.5 Å². The summed E-state index contributed by atoms with van der Waals surface area (Å²) < 4.78 is 2.27. The first-order chi connectivity index (χ1) is 21.3. The van der Waals surface area contributed by atoms with Crippen LogP contribution in [0.1, 0.15) is 0 Å². The molecule has 0 atom stereocenters. The lowest BCUT2D eigenvalue weighted by atomic mass is 9.99. The fraction of sp³-hybridized carbons (Fsp3) is 0. The Labute approximate surface area is 250 Å². The van der Waals surface area contributed by atoms with Gasteiger partial charge in [0.05, 0.1) is 16.6 Å². The molecule has 0 N–H and O–H groups in total. The predicted octanol–water partition coefficient (Wildman–Crippen LogP) is 10.2. The van der Waals surface area contributed by atoms with Crippen LogP contribution in [0.3, 0.4) is 0 Å². The minimum atomic E-state index is 0.699. The second kappa shape index (κ2) is 10.6. The monoisotopic (exact) mass is 549 g/mol. The van der Waals surface area contributed by atoms with Gasteiger partial charge in [0.1, 0.15) is 5.65 Å². The molecule has 0 bridgehead atoms. The maximum Gasteiger partial charge on any atom is 0.162 e. The Balaban J connectivity index is 1.44. The van der Waals surface area contributed by atoms with Crippen molar-refractivity contribution in [3.8, 4) is 50.6 Å². The van der Waals surface area contributed by atoms with E-state index in [1.165, 1.54) is 11.1 Å². The zero-order chi connectivity index (χ0) is 28.6. The molecule has 0 saturated carbocycles. The Bertz CT molecular complexity index is 2220. The largest absolute Gasteiger partial charge is 0.294 e.